The van der Waals surface area contributed by atoms with Gasteiger partial charge < -0.3 is 10.5 Å². The summed E-state index contributed by atoms with van der Waals surface area (Å²) in [4.78, 5) is 39.8. The average molecular weight is 413 g/mol. The van der Waals surface area contributed by atoms with Crippen molar-refractivity contribution in [3.8, 4) is 0 Å². The average Bonchev–Trinajstić information content (AvgIpc) is 2.57. The number of thioether (sulfide) groups is 1. The normalized spacial score (nSPS) is 11.1. The largest absolute Gasteiger partial charge is 0.379 e. The molecule has 1 heterocycles. The number of primary amides is 1. The van der Waals surface area contributed by atoms with Crippen molar-refractivity contribution >= 4 is 46.2 Å². The van der Waals surface area contributed by atoms with Crippen LogP contribution in [0.15, 0.2) is 28.2 Å². The van der Waals surface area contributed by atoms with Crippen LogP contribution in [0.3, 0.4) is 0 Å². The van der Waals surface area contributed by atoms with Gasteiger partial charge >= 0.3 is 6.03 Å². The van der Waals surface area contributed by atoms with Crippen molar-refractivity contribution in [2.75, 3.05) is 12.4 Å². The molecule has 2 aromatic rings. The molecule has 8 nitrogen and oxygen atoms in total. The number of carbonyl (C=O) groups excluding carboxylic acids is 2. The SMILES string of the molecule is CC(C)OCCCn1c(SCC(=O)NC(N)=O)nc2cc(Cl)ccc2c1=O. The highest BCUT2D eigenvalue weighted by molar-refractivity contribution is 7.99. The molecule has 0 atom stereocenters. The van der Waals surface area contributed by atoms with E-state index in [2.05, 4.69) is 4.98 Å². The van der Waals surface area contributed by atoms with Crippen LogP contribution in [-0.4, -0.2) is 40.0 Å². The highest BCUT2D eigenvalue weighted by Gasteiger charge is 2.14. The van der Waals surface area contributed by atoms with Crippen molar-refractivity contribution in [3.05, 3.63) is 33.6 Å². The summed E-state index contributed by atoms with van der Waals surface area (Å²) in [5, 5.41) is 3.24. The molecule has 27 heavy (non-hydrogen) atoms. The molecular weight excluding hydrogens is 392 g/mol. The molecule has 3 amide bonds. The smallest absolute Gasteiger partial charge is 0.318 e. The second-order valence-electron chi connectivity index (χ2n) is 5.99. The summed E-state index contributed by atoms with van der Waals surface area (Å²) in [6.45, 7) is 4.75. The topological polar surface area (TPSA) is 116 Å². The van der Waals surface area contributed by atoms with E-state index in [4.69, 9.17) is 22.1 Å². The van der Waals surface area contributed by atoms with Crippen LogP contribution in [-0.2, 0) is 16.1 Å². The zero-order valence-corrected chi connectivity index (χ0v) is 16.6. The van der Waals surface area contributed by atoms with Crippen molar-refractivity contribution in [1.82, 2.24) is 14.9 Å². The molecular formula is C17H21ClN4O4S. The van der Waals surface area contributed by atoms with E-state index in [0.29, 0.717) is 40.7 Å². The van der Waals surface area contributed by atoms with Gasteiger partial charge in [0.25, 0.3) is 5.56 Å². The minimum absolute atomic E-state index is 0.102. The molecule has 10 heteroatoms. The molecule has 1 aromatic carbocycles. The van der Waals surface area contributed by atoms with E-state index in [0.717, 1.165) is 11.8 Å². The molecule has 0 bridgehead atoms. The molecule has 1 aromatic heterocycles. The third-order valence-corrected chi connectivity index (χ3v) is 4.67. The van der Waals surface area contributed by atoms with Crippen molar-refractivity contribution in [3.63, 3.8) is 0 Å². The Labute approximate surface area is 165 Å². The van der Waals surface area contributed by atoms with Crippen LogP contribution >= 0.6 is 23.4 Å². The third-order valence-electron chi connectivity index (χ3n) is 3.45. The summed E-state index contributed by atoms with van der Waals surface area (Å²) >= 11 is 7.04. The van der Waals surface area contributed by atoms with E-state index in [1.807, 2.05) is 19.2 Å². The number of nitrogens with one attached hydrogen (secondary N) is 1. The predicted octanol–water partition coefficient (Wildman–Crippen LogP) is 2.15. The number of ether oxygens (including phenoxy) is 1. The van der Waals surface area contributed by atoms with Crippen molar-refractivity contribution in [1.29, 1.82) is 0 Å². The number of halogens is 1. The van der Waals surface area contributed by atoms with Gasteiger partial charge in [0.05, 0.1) is 22.8 Å². The molecule has 0 aliphatic rings. The van der Waals surface area contributed by atoms with Gasteiger partial charge in [-0.2, -0.15) is 0 Å². The van der Waals surface area contributed by atoms with Crippen molar-refractivity contribution < 1.29 is 14.3 Å². The van der Waals surface area contributed by atoms with Crippen LogP contribution in [0.25, 0.3) is 10.9 Å². The molecule has 0 unspecified atom stereocenters. The minimum atomic E-state index is -0.929. The van der Waals surface area contributed by atoms with Gasteiger partial charge in [-0.05, 0) is 38.5 Å². The van der Waals surface area contributed by atoms with Gasteiger partial charge in [-0.1, -0.05) is 23.4 Å². The molecule has 0 saturated heterocycles. The summed E-state index contributed by atoms with van der Waals surface area (Å²) in [6, 6.07) is 3.93. The summed E-state index contributed by atoms with van der Waals surface area (Å²) in [6.07, 6.45) is 0.713. The number of fused-ring (bicyclic) bond motifs is 1. The summed E-state index contributed by atoms with van der Waals surface area (Å²) in [5.74, 6) is -0.674. The number of aromatic nitrogens is 2. The Bertz CT molecular complexity index is 900. The number of hydrogen-bond donors (Lipinski definition) is 2. The van der Waals surface area contributed by atoms with Gasteiger partial charge in [-0.25, -0.2) is 9.78 Å². The Hall–Kier alpha value is -2.10. The van der Waals surface area contributed by atoms with Crippen molar-refractivity contribution in [2.24, 2.45) is 5.73 Å². The van der Waals surface area contributed by atoms with Crippen LogP contribution in [0.4, 0.5) is 4.79 Å². The van der Waals surface area contributed by atoms with E-state index in [-0.39, 0.29) is 17.4 Å². The number of nitrogens with two attached hydrogens (primary N) is 1. The molecule has 0 saturated carbocycles. The van der Waals surface area contributed by atoms with Gasteiger partial charge in [-0.15, -0.1) is 0 Å². The lowest BCUT2D eigenvalue weighted by Gasteiger charge is -2.14. The van der Waals surface area contributed by atoms with Gasteiger partial charge in [0, 0.05) is 18.2 Å². The summed E-state index contributed by atoms with van der Waals surface area (Å²) < 4.78 is 7.02. The lowest BCUT2D eigenvalue weighted by atomic mass is 10.2. The molecule has 0 fully saturated rings. The fourth-order valence-corrected chi connectivity index (χ4v) is 3.32. The molecule has 0 radical (unpaired) electrons. The first-order valence-electron chi connectivity index (χ1n) is 8.31. The quantitative estimate of drug-likeness (QED) is 0.390. The first kappa shape index (κ1) is 21.2. The monoisotopic (exact) mass is 412 g/mol. The molecule has 0 aliphatic heterocycles. The standard InChI is InChI=1S/C17H21ClN4O4S/c1-10(2)26-7-3-6-22-15(24)12-5-4-11(18)8-13(12)20-17(22)27-9-14(23)21-16(19)25/h4-5,8,10H,3,6-7,9H2,1-2H3,(H3,19,21,23,25). The Morgan fingerprint density at radius 2 is 2.15 bits per heavy atom. The Morgan fingerprint density at radius 3 is 2.81 bits per heavy atom. The Morgan fingerprint density at radius 1 is 1.41 bits per heavy atom. The number of imide groups is 1. The first-order chi connectivity index (χ1) is 12.8. The second kappa shape index (κ2) is 9.72. The highest BCUT2D eigenvalue weighted by Crippen LogP contribution is 2.20. The Kier molecular flexibility index (Phi) is 7.64. The molecule has 3 N–H and O–H groups in total. The number of amides is 3. The van der Waals surface area contributed by atoms with Crippen LogP contribution in [0, 0.1) is 0 Å². The molecule has 146 valence electrons. The maximum absolute atomic E-state index is 12.9. The molecule has 0 spiro atoms. The van der Waals surface area contributed by atoms with Gasteiger partial charge in [0.15, 0.2) is 5.16 Å². The third kappa shape index (κ3) is 6.23. The van der Waals surface area contributed by atoms with E-state index < -0.39 is 11.9 Å². The number of carbonyl (C=O) groups is 2. The zero-order chi connectivity index (χ0) is 20.0. The number of hydrogen-bond acceptors (Lipinski definition) is 6. The molecule has 0 aliphatic carbocycles. The lowest BCUT2D eigenvalue weighted by Crippen LogP contribution is -2.36. The zero-order valence-electron chi connectivity index (χ0n) is 15.0. The number of urea groups is 1. The van der Waals surface area contributed by atoms with E-state index in [1.165, 1.54) is 4.57 Å². The van der Waals surface area contributed by atoms with E-state index in [1.54, 1.807) is 18.2 Å². The van der Waals surface area contributed by atoms with Crippen molar-refractivity contribution in [2.45, 2.75) is 38.1 Å². The van der Waals surface area contributed by atoms with Gasteiger partial charge in [0.1, 0.15) is 0 Å². The van der Waals surface area contributed by atoms with Crippen LogP contribution in [0.5, 0.6) is 0 Å². The highest BCUT2D eigenvalue weighted by atomic mass is 35.5. The number of benzene rings is 1. The minimum Gasteiger partial charge on any atom is -0.379 e. The lowest BCUT2D eigenvalue weighted by molar-refractivity contribution is -0.117. The van der Waals surface area contributed by atoms with Crippen LogP contribution in [0.1, 0.15) is 20.3 Å². The van der Waals surface area contributed by atoms with Crippen LogP contribution < -0.4 is 16.6 Å². The maximum Gasteiger partial charge on any atom is 0.318 e. The van der Waals surface area contributed by atoms with Gasteiger partial charge in [-0.3, -0.25) is 19.5 Å². The number of nitrogens with zero attached hydrogens (tertiary/aromatic N) is 2. The van der Waals surface area contributed by atoms with E-state index in [9.17, 15) is 14.4 Å². The fourth-order valence-electron chi connectivity index (χ4n) is 2.33. The predicted molar refractivity (Wildman–Crippen MR) is 105 cm³/mol. The Balaban J connectivity index is 2.29. The molecule has 2 rings (SSSR count). The first-order valence-corrected chi connectivity index (χ1v) is 9.68. The second-order valence-corrected chi connectivity index (χ2v) is 7.37. The van der Waals surface area contributed by atoms with Crippen LogP contribution in [0.2, 0.25) is 5.02 Å². The van der Waals surface area contributed by atoms with Gasteiger partial charge in [0.2, 0.25) is 5.91 Å². The summed E-state index contributed by atoms with van der Waals surface area (Å²) in [7, 11) is 0. The number of rotatable bonds is 8. The summed E-state index contributed by atoms with van der Waals surface area (Å²) in [5.41, 5.74) is 5.15. The maximum atomic E-state index is 12.9. The van der Waals surface area contributed by atoms with E-state index >= 15 is 0 Å². The fraction of sp³-hybridized carbons (Fsp3) is 0.412.